The molecule has 1 amide bonds. The van der Waals surface area contributed by atoms with E-state index in [4.69, 9.17) is 9.47 Å². The van der Waals surface area contributed by atoms with Crippen molar-refractivity contribution in [3.8, 4) is 11.5 Å². The van der Waals surface area contributed by atoms with Crippen LogP contribution >= 0.6 is 0 Å². The summed E-state index contributed by atoms with van der Waals surface area (Å²) < 4.78 is 24.6. The molecule has 0 spiro atoms. The number of para-hydroxylation sites is 1. The van der Waals surface area contributed by atoms with Gasteiger partial charge in [-0.15, -0.1) is 0 Å². The normalized spacial score (nSPS) is 18.0. The summed E-state index contributed by atoms with van der Waals surface area (Å²) in [4.78, 5) is 29.3. The topological polar surface area (TPSA) is 79.3 Å². The van der Waals surface area contributed by atoms with Gasteiger partial charge in [-0.05, 0) is 38.4 Å². The van der Waals surface area contributed by atoms with Crippen molar-refractivity contribution in [2.45, 2.75) is 6.04 Å². The number of aliphatic hydroxyl groups excluding tert-OH is 1. The highest BCUT2D eigenvalue weighted by Gasteiger charge is 2.47. The highest BCUT2D eigenvalue weighted by molar-refractivity contribution is 6.46. The summed E-state index contributed by atoms with van der Waals surface area (Å²) >= 11 is 0. The molecule has 1 N–H and O–H groups in total. The first-order valence-electron chi connectivity index (χ1n) is 9.70. The van der Waals surface area contributed by atoms with E-state index >= 15 is 0 Å². The number of halogens is 1. The number of nitrogens with zero attached hydrogens (tertiary/aromatic N) is 2. The first kappa shape index (κ1) is 22.3. The fourth-order valence-electron chi connectivity index (χ4n) is 3.64. The van der Waals surface area contributed by atoms with Crippen LogP contribution in [0, 0.1) is 5.82 Å². The molecule has 1 heterocycles. The third-order valence-electron chi connectivity index (χ3n) is 5.18. The molecule has 31 heavy (non-hydrogen) atoms. The van der Waals surface area contributed by atoms with Crippen LogP contribution in [0.15, 0.2) is 48.0 Å². The third-order valence-corrected chi connectivity index (χ3v) is 5.18. The van der Waals surface area contributed by atoms with Crippen LogP contribution < -0.4 is 9.47 Å². The molecule has 8 heteroatoms. The van der Waals surface area contributed by atoms with Crippen molar-refractivity contribution >= 4 is 17.4 Å². The van der Waals surface area contributed by atoms with E-state index in [1.54, 1.807) is 24.3 Å². The average Bonchev–Trinajstić information content (AvgIpc) is 3.01. The van der Waals surface area contributed by atoms with Crippen LogP contribution in [0.1, 0.15) is 17.2 Å². The van der Waals surface area contributed by atoms with E-state index in [1.165, 1.54) is 31.3 Å². The number of Topliss-reactive ketones (excluding diaryl/α,β-unsaturated/α-hetero) is 1. The summed E-state index contributed by atoms with van der Waals surface area (Å²) in [6.45, 7) is 0.749. The molecule has 2 aromatic rings. The van der Waals surface area contributed by atoms with E-state index in [0.29, 0.717) is 17.9 Å². The quantitative estimate of drug-likeness (QED) is 0.415. The lowest BCUT2D eigenvalue weighted by molar-refractivity contribution is -0.140. The molecule has 1 atom stereocenters. The zero-order chi connectivity index (χ0) is 22.7. The van der Waals surface area contributed by atoms with Crippen LogP contribution in [0.3, 0.4) is 0 Å². The van der Waals surface area contributed by atoms with Gasteiger partial charge in [-0.25, -0.2) is 4.39 Å². The SMILES string of the molecule is COc1ccc(F)cc1/C(O)=C1\C(=O)C(=O)N(CCN(C)C)[C@H]1c1ccccc1OC. The molecule has 0 saturated carbocycles. The van der Waals surface area contributed by atoms with Crippen LogP contribution in [0.5, 0.6) is 11.5 Å². The smallest absolute Gasteiger partial charge is 0.295 e. The second-order valence-corrected chi connectivity index (χ2v) is 7.38. The number of carbonyl (C=O) groups is 2. The lowest BCUT2D eigenvalue weighted by Gasteiger charge is -2.27. The minimum Gasteiger partial charge on any atom is -0.507 e. The number of hydrogen-bond acceptors (Lipinski definition) is 6. The lowest BCUT2D eigenvalue weighted by atomic mass is 9.94. The van der Waals surface area contributed by atoms with E-state index < -0.39 is 29.3 Å². The largest absolute Gasteiger partial charge is 0.507 e. The Morgan fingerprint density at radius 3 is 2.42 bits per heavy atom. The number of benzene rings is 2. The van der Waals surface area contributed by atoms with Crippen molar-refractivity contribution in [3.63, 3.8) is 0 Å². The summed E-state index contributed by atoms with van der Waals surface area (Å²) in [6, 6.07) is 9.67. The molecule has 0 aromatic heterocycles. The number of amides is 1. The molecule has 1 fully saturated rings. The number of likely N-dealkylation sites (N-methyl/N-ethyl adjacent to an activating group) is 1. The van der Waals surface area contributed by atoms with Crippen molar-refractivity contribution in [2.24, 2.45) is 0 Å². The Morgan fingerprint density at radius 1 is 1.10 bits per heavy atom. The van der Waals surface area contributed by atoms with Gasteiger partial charge < -0.3 is 24.4 Å². The maximum Gasteiger partial charge on any atom is 0.295 e. The maximum absolute atomic E-state index is 14.0. The summed E-state index contributed by atoms with van der Waals surface area (Å²) in [7, 11) is 6.57. The average molecular weight is 428 g/mol. The van der Waals surface area contributed by atoms with E-state index in [-0.39, 0.29) is 23.4 Å². The van der Waals surface area contributed by atoms with Gasteiger partial charge in [0.15, 0.2) is 0 Å². The van der Waals surface area contributed by atoms with Crippen molar-refractivity contribution in [1.82, 2.24) is 9.80 Å². The molecule has 0 unspecified atom stereocenters. The molecule has 1 saturated heterocycles. The van der Waals surface area contributed by atoms with Gasteiger partial charge in [-0.3, -0.25) is 9.59 Å². The number of aliphatic hydroxyl groups is 1. The number of hydrogen-bond donors (Lipinski definition) is 1. The number of methoxy groups -OCH3 is 2. The lowest BCUT2D eigenvalue weighted by Crippen LogP contribution is -2.35. The second kappa shape index (κ2) is 9.18. The zero-order valence-corrected chi connectivity index (χ0v) is 17.9. The van der Waals surface area contributed by atoms with Crippen molar-refractivity contribution in [3.05, 3.63) is 65.0 Å². The molecule has 7 nitrogen and oxygen atoms in total. The monoisotopic (exact) mass is 428 g/mol. The molecular weight excluding hydrogens is 403 g/mol. The predicted octanol–water partition coefficient (Wildman–Crippen LogP) is 2.83. The Labute approximate surface area is 180 Å². The fourth-order valence-corrected chi connectivity index (χ4v) is 3.64. The minimum atomic E-state index is -0.899. The summed E-state index contributed by atoms with van der Waals surface area (Å²) in [5, 5.41) is 11.1. The predicted molar refractivity (Wildman–Crippen MR) is 114 cm³/mol. The Kier molecular flexibility index (Phi) is 6.60. The van der Waals surface area contributed by atoms with Gasteiger partial charge in [0, 0.05) is 18.7 Å². The Bertz CT molecular complexity index is 1030. The van der Waals surface area contributed by atoms with Crippen molar-refractivity contribution in [2.75, 3.05) is 41.4 Å². The first-order chi connectivity index (χ1) is 14.8. The minimum absolute atomic E-state index is 0.00647. The van der Waals surface area contributed by atoms with E-state index in [9.17, 15) is 19.1 Å². The zero-order valence-electron chi connectivity index (χ0n) is 17.9. The fraction of sp³-hybridized carbons (Fsp3) is 0.304. The first-order valence-corrected chi connectivity index (χ1v) is 9.70. The standard InChI is InChI=1S/C23H25FN2O5/c1-25(2)11-12-26-20(15-7-5-6-8-17(15)30-3)19(22(28)23(26)29)21(27)16-13-14(24)9-10-18(16)31-4/h5-10,13,20,27H,11-12H2,1-4H3/b21-19+/t20-/m0/s1. The highest BCUT2D eigenvalue weighted by atomic mass is 19.1. The molecule has 3 rings (SSSR count). The molecular formula is C23H25FN2O5. The molecule has 1 aliphatic heterocycles. The third kappa shape index (κ3) is 4.25. The summed E-state index contributed by atoms with van der Waals surface area (Å²) in [5.41, 5.74) is 0.394. The number of ether oxygens (including phenoxy) is 2. The van der Waals surface area contributed by atoms with Gasteiger partial charge in [-0.1, -0.05) is 18.2 Å². The maximum atomic E-state index is 14.0. The van der Waals surface area contributed by atoms with Gasteiger partial charge in [0.05, 0.1) is 31.4 Å². The summed E-state index contributed by atoms with van der Waals surface area (Å²) in [5.74, 6) is -2.07. The Hall–Kier alpha value is -3.39. The Morgan fingerprint density at radius 2 is 1.77 bits per heavy atom. The van der Waals surface area contributed by atoms with Crippen LogP contribution in [-0.4, -0.2) is 68.0 Å². The number of likely N-dealkylation sites (tertiary alicyclic amines) is 1. The van der Waals surface area contributed by atoms with E-state index in [0.717, 1.165) is 6.07 Å². The number of rotatable bonds is 7. The molecule has 164 valence electrons. The van der Waals surface area contributed by atoms with E-state index in [2.05, 4.69) is 0 Å². The second-order valence-electron chi connectivity index (χ2n) is 7.38. The Balaban J connectivity index is 2.25. The van der Waals surface area contributed by atoms with Gasteiger partial charge in [0.2, 0.25) is 0 Å². The van der Waals surface area contributed by atoms with Gasteiger partial charge in [0.25, 0.3) is 11.7 Å². The van der Waals surface area contributed by atoms with Crippen molar-refractivity contribution < 1.29 is 28.6 Å². The van der Waals surface area contributed by atoms with Gasteiger partial charge >= 0.3 is 0 Å². The van der Waals surface area contributed by atoms with Crippen LogP contribution in [0.4, 0.5) is 4.39 Å². The molecule has 1 aliphatic rings. The van der Waals surface area contributed by atoms with Gasteiger partial charge in [-0.2, -0.15) is 0 Å². The molecule has 2 aromatic carbocycles. The van der Waals surface area contributed by atoms with E-state index in [1.807, 2.05) is 19.0 Å². The highest BCUT2D eigenvalue weighted by Crippen LogP contribution is 2.43. The number of ketones is 1. The van der Waals surface area contributed by atoms with Crippen LogP contribution in [0.25, 0.3) is 5.76 Å². The van der Waals surface area contributed by atoms with Crippen LogP contribution in [-0.2, 0) is 9.59 Å². The summed E-state index contributed by atoms with van der Waals surface area (Å²) in [6.07, 6.45) is 0. The van der Waals surface area contributed by atoms with Gasteiger partial charge in [0.1, 0.15) is 23.1 Å². The molecule has 0 aliphatic carbocycles. The molecule has 0 bridgehead atoms. The number of carbonyl (C=O) groups excluding carboxylic acids is 2. The molecule has 0 radical (unpaired) electrons. The van der Waals surface area contributed by atoms with Crippen LogP contribution in [0.2, 0.25) is 0 Å². The van der Waals surface area contributed by atoms with Crippen molar-refractivity contribution in [1.29, 1.82) is 0 Å².